The van der Waals surface area contributed by atoms with Crippen LogP contribution in [0.4, 0.5) is 5.82 Å². The first-order chi connectivity index (χ1) is 17.0. The highest BCUT2D eigenvalue weighted by Gasteiger charge is 2.25. The summed E-state index contributed by atoms with van der Waals surface area (Å²) in [6, 6.07) is 12.3. The molecule has 0 aliphatic carbocycles. The van der Waals surface area contributed by atoms with Crippen molar-refractivity contribution in [1.82, 2.24) is 30.7 Å². The SMILES string of the molecule is CCOc1cccc(-c2c(C(=O)NN=Cc3cc(OC)ccc3OC)nnn2-c2nonc2N)c1. The van der Waals surface area contributed by atoms with Gasteiger partial charge in [0.2, 0.25) is 11.6 Å². The molecule has 0 fully saturated rings. The number of anilines is 1. The number of nitrogens with two attached hydrogens (primary N) is 1. The van der Waals surface area contributed by atoms with Gasteiger partial charge in [-0.3, -0.25) is 4.79 Å². The van der Waals surface area contributed by atoms with Gasteiger partial charge >= 0.3 is 0 Å². The van der Waals surface area contributed by atoms with Gasteiger partial charge in [-0.2, -0.15) is 9.78 Å². The Morgan fingerprint density at radius 1 is 1.17 bits per heavy atom. The van der Waals surface area contributed by atoms with E-state index in [4.69, 9.17) is 24.6 Å². The number of hydrogen-bond acceptors (Lipinski definition) is 11. The number of nitrogen functional groups attached to an aromatic ring is 1. The third-order valence-corrected chi connectivity index (χ3v) is 4.81. The molecular formula is C22H22N8O5. The lowest BCUT2D eigenvalue weighted by molar-refractivity contribution is 0.0950. The van der Waals surface area contributed by atoms with Gasteiger partial charge in [0.05, 0.1) is 27.0 Å². The van der Waals surface area contributed by atoms with Gasteiger partial charge in [-0.1, -0.05) is 17.3 Å². The Labute approximate surface area is 199 Å². The summed E-state index contributed by atoms with van der Waals surface area (Å²) in [5.74, 6) is 1.19. The van der Waals surface area contributed by atoms with E-state index in [1.165, 1.54) is 18.0 Å². The smallest absolute Gasteiger partial charge is 0.294 e. The van der Waals surface area contributed by atoms with Crippen molar-refractivity contribution in [3.8, 4) is 34.3 Å². The highest BCUT2D eigenvalue weighted by atomic mass is 16.6. The second-order valence-electron chi connectivity index (χ2n) is 6.94. The summed E-state index contributed by atoms with van der Waals surface area (Å²) in [7, 11) is 3.08. The topological polar surface area (TPSA) is 165 Å². The van der Waals surface area contributed by atoms with Gasteiger partial charge in [-0.05, 0) is 47.6 Å². The quantitative estimate of drug-likeness (QED) is 0.269. The first-order valence-electron chi connectivity index (χ1n) is 10.4. The number of aromatic nitrogens is 5. The summed E-state index contributed by atoms with van der Waals surface area (Å²) in [4.78, 5) is 13.1. The Morgan fingerprint density at radius 2 is 2.03 bits per heavy atom. The molecule has 13 nitrogen and oxygen atoms in total. The molecule has 0 unspecified atom stereocenters. The maximum atomic E-state index is 13.1. The first kappa shape index (κ1) is 23.2. The van der Waals surface area contributed by atoms with Gasteiger partial charge in [-0.25, -0.2) is 10.1 Å². The van der Waals surface area contributed by atoms with E-state index in [0.717, 1.165) is 0 Å². The molecular weight excluding hydrogens is 456 g/mol. The normalized spacial score (nSPS) is 10.9. The molecule has 4 rings (SSSR count). The van der Waals surface area contributed by atoms with Gasteiger partial charge in [0, 0.05) is 11.1 Å². The summed E-state index contributed by atoms with van der Waals surface area (Å²) in [6.45, 7) is 2.34. The number of amides is 1. The summed E-state index contributed by atoms with van der Waals surface area (Å²) >= 11 is 0. The highest BCUT2D eigenvalue weighted by molar-refractivity contribution is 5.99. The van der Waals surface area contributed by atoms with Gasteiger partial charge < -0.3 is 19.9 Å². The molecule has 2 heterocycles. The Hall–Kier alpha value is -4.94. The van der Waals surface area contributed by atoms with Crippen LogP contribution < -0.4 is 25.4 Å². The zero-order chi connectivity index (χ0) is 24.8. The van der Waals surface area contributed by atoms with Crippen LogP contribution in [0.3, 0.4) is 0 Å². The number of hydrazone groups is 1. The van der Waals surface area contributed by atoms with E-state index in [9.17, 15) is 4.79 Å². The Kier molecular flexibility index (Phi) is 6.86. The predicted molar refractivity (Wildman–Crippen MR) is 125 cm³/mol. The second-order valence-corrected chi connectivity index (χ2v) is 6.94. The molecule has 0 aliphatic rings. The molecule has 0 bridgehead atoms. The van der Waals surface area contributed by atoms with Crippen molar-refractivity contribution < 1.29 is 23.6 Å². The number of ether oxygens (including phenoxy) is 3. The fraction of sp³-hybridized carbons (Fsp3) is 0.182. The van der Waals surface area contributed by atoms with Crippen LogP contribution >= 0.6 is 0 Å². The maximum Gasteiger partial charge on any atom is 0.294 e. The average Bonchev–Trinajstić information content (AvgIpc) is 3.50. The van der Waals surface area contributed by atoms with E-state index >= 15 is 0 Å². The summed E-state index contributed by atoms with van der Waals surface area (Å²) in [5, 5.41) is 19.5. The summed E-state index contributed by atoms with van der Waals surface area (Å²) in [5.41, 5.74) is 9.74. The third-order valence-electron chi connectivity index (χ3n) is 4.81. The number of carbonyl (C=O) groups excluding carboxylic acids is 1. The minimum Gasteiger partial charge on any atom is -0.497 e. The van der Waals surface area contributed by atoms with Gasteiger partial charge in [0.15, 0.2) is 5.69 Å². The molecule has 13 heteroatoms. The fourth-order valence-corrected chi connectivity index (χ4v) is 3.23. The number of nitrogens with zero attached hydrogens (tertiary/aromatic N) is 6. The Bertz CT molecular complexity index is 1360. The largest absolute Gasteiger partial charge is 0.497 e. The van der Waals surface area contributed by atoms with Crippen LogP contribution in [-0.4, -0.2) is 58.3 Å². The molecule has 0 atom stereocenters. The van der Waals surface area contributed by atoms with Crippen molar-refractivity contribution in [3.05, 3.63) is 53.7 Å². The van der Waals surface area contributed by atoms with Crippen LogP contribution in [0.1, 0.15) is 23.0 Å². The van der Waals surface area contributed by atoms with Gasteiger partial charge in [0.1, 0.15) is 22.9 Å². The van der Waals surface area contributed by atoms with Crippen LogP contribution in [-0.2, 0) is 0 Å². The van der Waals surface area contributed by atoms with E-state index in [-0.39, 0.29) is 17.3 Å². The van der Waals surface area contributed by atoms with E-state index in [1.807, 2.05) is 6.92 Å². The molecule has 0 spiro atoms. The third kappa shape index (κ3) is 4.88. The molecule has 35 heavy (non-hydrogen) atoms. The van der Waals surface area contributed by atoms with Crippen molar-refractivity contribution in [2.24, 2.45) is 5.10 Å². The number of nitrogens with one attached hydrogen (secondary N) is 1. The van der Waals surface area contributed by atoms with E-state index < -0.39 is 5.91 Å². The fourth-order valence-electron chi connectivity index (χ4n) is 3.23. The van der Waals surface area contributed by atoms with Crippen LogP contribution in [0.15, 0.2) is 52.2 Å². The number of hydrogen-bond donors (Lipinski definition) is 2. The van der Waals surface area contributed by atoms with Crippen molar-refractivity contribution in [2.75, 3.05) is 26.6 Å². The van der Waals surface area contributed by atoms with Crippen LogP contribution in [0.5, 0.6) is 17.2 Å². The predicted octanol–water partition coefficient (Wildman–Crippen LogP) is 2.08. The number of rotatable bonds is 9. The molecule has 0 saturated carbocycles. The summed E-state index contributed by atoms with van der Waals surface area (Å²) < 4.78 is 22.1. The Balaban J connectivity index is 1.69. The molecule has 3 N–H and O–H groups in total. The zero-order valence-electron chi connectivity index (χ0n) is 19.1. The van der Waals surface area contributed by atoms with Gasteiger partial charge in [-0.15, -0.1) is 5.10 Å². The van der Waals surface area contributed by atoms with E-state index in [2.05, 4.69) is 31.2 Å². The molecule has 1 amide bonds. The molecule has 4 aromatic rings. The minimum atomic E-state index is -0.624. The van der Waals surface area contributed by atoms with Gasteiger partial charge in [0.25, 0.3) is 5.91 Å². The van der Waals surface area contributed by atoms with Crippen molar-refractivity contribution in [1.29, 1.82) is 0 Å². The molecule has 0 radical (unpaired) electrons. The summed E-state index contributed by atoms with van der Waals surface area (Å²) in [6.07, 6.45) is 1.43. The minimum absolute atomic E-state index is 0.0211. The monoisotopic (exact) mass is 478 g/mol. The molecule has 2 aromatic carbocycles. The number of benzene rings is 2. The molecule has 180 valence electrons. The van der Waals surface area contributed by atoms with Crippen molar-refractivity contribution in [3.63, 3.8) is 0 Å². The number of methoxy groups -OCH3 is 2. The Morgan fingerprint density at radius 3 is 2.74 bits per heavy atom. The maximum absolute atomic E-state index is 13.1. The van der Waals surface area contributed by atoms with E-state index in [0.29, 0.717) is 40.7 Å². The lowest BCUT2D eigenvalue weighted by Gasteiger charge is -2.08. The lowest BCUT2D eigenvalue weighted by atomic mass is 10.1. The highest BCUT2D eigenvalue weighted by Crippen LogP contribution is 2.29. The molecule has 0 saturated heterocycles. The first-order valence-corrected chi connectivity index (χ1v) is 10.4. The zero-order valence-corrected chi connectivity index (χ0v) is 19.1. The number of carbonyl (C=O) groups is 1. The van der Waals surface area contributed by atoms with Crippen LogP contribution in [0.2, 0.25) is 0 Å². The van der Waals surface area contributed by atoms with Crippen LogP contribution in [0.25, 0.3) is 17.1 Å². The van der Waals surface area contributed by atoms with Crippen molar-refractivity contribution in [2.45, 2.75) is 6.92 Å². The lowest BCUT2D eigenvalue weighted by Crippen LogP contribution is -2.19. The molecule has 0 aliphatic heterocycles. The van der Waals surface area contributed by atoms with Crippen molar-refractivity contribution >= 4 is 17.9 Å². The molecule has 2 aromatic heterocycles. The second kappa shape index (κ2) is 10.3. The van der Waals surface area contributed by atoms with Crippen LogP contribution in [0, 0.1) is 0 Å². The standard InChI is InChI=1S/C22H22N8O5/c1-4-34-16-7-5-6-13(10-16)19-18(25-29-30(19)21-20(23)27-35-28-21)22(31)26-24-12-14-11-15(32-2)8-9-17(14)33-3/h5-12H,4H2,1-3H3,(H2,23,27)(H,26,31). The average molecular weight is 478 g/mol. The van der Waals surface area contributed by atoms with E-state index in [1.54, 1.807) is 49.6 Å².